The first-order chi connectivity index (χ1) is 13.2. The number of hydrogen-bond acceptors (Lipinski definition) is 5. The van der Waals surface area contributed by atoms with Crippen molar-refractivity contribution >= 4 is 23.0 Å². The Balaban J connectivity index is 1.70. The Labute approximate surface area is 161 Å². The van der Waals surface area contributed by atoms with Crippen molar-refractivity contribution in [3.8, 4) is 6.07 Å². The van der Waals surface area contributed by atoms with E-state index in [-0.39, 0.29) is 18.6 Å². The second-order valence-electron chi connectivity index (χ2n) is 6.66. The Kier molecular flexibility index (Phi) is 3.73. The van der Waals surface area contributed by atoms with Crippen molar-refractivity contribution in [3.63, 3.8) is 0 Å². The van der Waals surface area contributed by atoms with Gasteiger partial charge >= 0.3 is 0 Å². The maximum absolute atomic E-state index is 9.25. The molecular weight excluding hydrogens is 362 g/mol. The van der Waals surface area contributed by atoms with Crippen LogP contribution >= 0.6 is 11.6 Å². The predicted octanol–water partition coefficient (Wildman–Crippen LogP) is 3.24. The molecule has 5 nitrogen and oxygen atoms in total. The molecule has 1 saturated heterocycles. The molecule has 2 aromatic carbocycles. The Morgan fingerprint density at radius 2 is 1.81 bits per heavy atom. The summed E-state index contributed by atoms with van der Waals surface area (Å²) in [5.74, 6) is 0. The second-order valence-corrected chi connectivity index (χ2v) is 7.09. The number of nitrogens with one attached hydrogen (secondary N) is 2. The third-order valence-electron chi connectivity index (χ3n) is 5.08. The Bertz CT molecular complexity index is 1040. The van der Waals surface area contributed by atoms with Gasteiger partial charge in [0.1, 0.15) is 6.10 Å². The maximum atomic E-state index is 9.25. The van der Waals surface area contributed by atoms with Crippen molar-refractivity contribution in [1.82, 2.24) is 10.6 Å². The largest absolute Gasteiger partial charge is 0.357 e. The number of benzene rings is 2. The molecule has 0 spiro atoms. The summed E-state index contributed by atoms with van der Waals surface area (Å²) in [6, 6.07) is 17.5. The molecule has 3 atom stereocenters. The van der Waals surface area contributed by atoms with Crippen molar-refractivity contribution in [2.24, 2.45) is 0 Å². The van der Waals surface area contributed by atoms with Gasteiger partial charge in [-0.3, -0.25) is 0 Å². The smallest absolute Gasteiger partial charge is 0.159 e. The zero-order valence-electron chi connectivity index (χ0n) is 14.5. The maximum Gasteiger partial charge on any atom is 0.159 e. The highest BCUT2D eigenvalue weighted by Crippen LogP contribution is 2.48. The van der Waals surface area contributed by atoms with Crippen LogP contribution in [0.25, 0.3) is 11.4 Å². The van der Waals surface area contributed by atoms with Gasteiger partial charge in [0.25, 0.3) is 0 Å². The molecule has 3 aliphatic heterocycles. The van der Waals surface area contributed by atoms with Crippen LogP contribution in [0, 0.1) is 11.3 Å². The monoisotopic (exact) mass is 377 g/mol. The molecule has 0 radical (unpaired) electrons. The quantitative estimate of drug-likeness (QED) is 0.804. The molecule has 2 N–H and O–H groups in total. The number of ether oxygens (including phenoxy) is 2. The highest BCUT2D eigenvalue weighted by molar-refractivity contribution is 6.30. The van der Waals surface area contributed by atoms with Gasteiger partial charge in [0.05, 0.1) is 23.0 Å². The predicted molar refractivity (Wildman–Crippen MR) is 102 cm³/mol. The molecule has 1 fully saturated rings. The average Bonchev–Trinajstić information content (AvgIpc) is 3.39. The molecule has 2 aromatic rings. The fourth-order valence-corrected chi connectivity index (χ4v) is 3.92. The zero-order chi connectivity index (χ0) is 18.5. The first kappa shape index (κ1) is 16.4. The van der Waals surface area contributed by atoms with E-state index < -0.39 is 0 Å². The third-order valence-corrected chi connectivity index (χ3v) is 5.33. The van der Waals surface area contributed by atoms with Crippen LogP contribution < -0.4 is 10.6 Å². The highest BCUT2D eigenvalue weighted by atomic mass is 35.5. The van der Waals surface area contributed by atoms with Crippen molar-refractivity contribution < 1.29 is 9.47 Å². The summed E-state index contributed by atoms with van der Waals surface area (Å²) in [4.78, 5) is 0. The van der Waals surface area contributed by atoms with Crippen LogP contribution in [0.1, 0.15) is 16.7 Å². The lowest BCUT2D eigenvalue weighted by Gasteiger charge is -2.22. The van der Waals surface area contributed by atoms with Gasteiger partial charge in [0, 0.05) is 23.3 Å². The summed E-state index contributed by atoms with van der Waals surface area (Å²) < 4.78 is 11.6. The van der Waals surface area contributed by atoms with Crippen LogP contribution in [-0.2, 0) is 9.47 Å². The SMILES string of the molecule is COC1NC(c2ccc(Cl)cc2)=C2C1=C(c1cccc(C#N)c1)NC1OC21. The summed E-state index contributed by atoms with van der Waals surface area (Å²) in [7, 11) is 1.68. The number of halogens is 1. The first-order valence-corrected chi connectivity index (χ1v) is 9.04. The van der Waals surface area contributed by atoms with Crippen LogP contribution in [0.5, 0.6) is 0 Å². The number of epoxide rings is 1. The lowest BCUT2D eigenvalue weighted by Crippen LogP contribution is -2.32. The molecule has 5 rings (SSSR count). The highest BCUT2D eigenvalue weighted by Gasteiger charge is 2.53. The minimum Gasteiger partial charge on any atom is -0.357 e. The molecule has 0 amide bonds. The number of fused-ring (bicyclic) bond motifs is 3. The van der Waals surface area contributed by atoms with Crippen LogP contribution in [0.2, 0.25) is 5.02 Å². The van der Waals surface area contributed by atoms with E-state index in [9.17, 15) is 5.26 Å². The normalized spacial score (nSPS) is 25.3. The minimum atomic E-state index is -0.302. The van der Waals surface area contributed by atoms with Gasteiger partial charge in [-0.2, -0.15) is 5.26 Å². The van der Waals surface area contributed by atoms with E-state index in [4.69, 9.17) is 21.1 Å². The summed E-state index contributed by atoms with van der Waals surface area (Å²) in [5, 5.41) is 16.9. The molecule has 0 aliphatic carbocycles. The molecule has 6 heteroatoms. The number of methoxy groups -OCH3 is 1. The molecule has 3 aliphatic rings. The molecule has 0 saturated carbocycles. The van der Waals surface area contributed by atoms with Crippen molar-refractivity contribution in [2.75, 3.05) is 7.11 Å². The van der Waals surface area contributed by atoms with E-state index in [2.05, 4.69) is 16.7 Å². The van der Waals surface area contributed by atoms with Crippen molar-refractivity contribution in [1.29, 1.82) is 5.26 Å². The second kappa shape index (κ2) is 6.14. The van der Waals surface area contributed by atoms with Gasteiger partial charge < -0.3 is 20.1 Å². The van der Waals surface area contributed by atoms with Crippen molar-refractivity contribution in [3.05, 3.63) is 81.4 Å². The van der Waals surface area contributed by atoms with Gasteiger partial charge in [-0.15, -0.1) is 0 Å². The van der Waals surface area contributed by atoms with E-state index in [1.54, 1.807) is 13.2 Å². The van der Waals surface area contributed by atoms with Crippen LogP contribution in [0.15, 0.2) is 59.7 Å². The van der Waals surface area contributed by atoms with E-state index in [1.807, 2.05) is 42.5 Å². The number of nitrogens with zero attached hydrogens (tertiary/aromatic N) is 1. The lowest BCUT2D eigenvalue weighted by atomic mass is 9.92. The van der Waals surface area contributed by atoms with E-state index in [0.29, 0.717) is 10.6 Å². The molecular formula is C21H16ClN3O2. The van der Waals surface area contributed by atoms with Crippen molar-refractivity contribution in [2.45, 2.75) is 18.6 Å². The number of rotatable bonds is 3. The summed E-state index contributed by atoms with van der Waals surface area (Å²) in [6.45, 7) is 0. The topological polar surface area (TPSA) is 69.6 Å². The molecule has 134 valence electrons. The summed E-state index contributed by atoms with van der Waals surface area (Å²) in [5.41, 5.74) is 6.65. The van der Waals surface area contributed by atoms with Gasteiger partial charge in [-0.1, -0.05) is 35.9 Å². The molecule has 3 heterocycles. The molecule has 0 aromatic heterocycles. The molecule has 0 bridgehead atoms. The number of nitriles is 1. The summed E-state index contributed by atoms with van der Waals surface area (Å²) >= 11 is 6.05. The number of hydrogen-bond donors (Lipinski definition) is 2. The standard InChI is InChI=1S/C21H16ClN3O2/c1-26-20-16-15(17(24-20)12-5-7-14(22)8-6-12)19-21(27-19)25-18(16)13-4-2-3-11(9-13)10-23/h2-9,19-21,24-25H,1H3. The summed E-state index contributed by atoms with van der Waals surface area (Å²) in [6.07, 6.45) is -0.380. The first-order valence-electron chi connectivity index (χ1n) is 8.66. The van der Waals surface area contributed by atoms with Crippen LogP contribution in [-0.4, -0.2) is 25.7 Å². The average molecular weight is 378 g/mol. The van der Waals surface area contributed by atoms with E-state index >= 15 is 0 Å². The van der Waals surface area contributed by atoms with Crippen LogP contribution in [0.4, 0.5) is 0 Å². The van der Waals surface area contributed by atoms with Gasteiger partial charge in [-0.25, -0.2) is 0 Å². The fraction of sp³-hybridized carbons (Fsp3) is 0.190. The van der Waals surface area contributed by atoms with Gasteiger partial charge in [0.2, 0.25) is 0 Å². The van der Waals surface area contributed by atoms with E-state index in [1.165, 1.54) is 0 Å². The van der Waals surface area contributed by atoms with Gasteiger partial charge in [-0.05, 0) is 35.4 Å². The lowest BCUT2D eigenvalue weighted by molar-refractivity contribution is 0.124. The minimum absolute atomic E-state index is 0.0128. The Hall–Kier alpha value is -2.78. The fourth-order valence-electron chi connectivity index (χ4n) is 3.80. The Morgan fingerprint density at radius 1 is 1.04 bits per heavy atom. The molecule has 3 unspecified atom stereocenters. The van der Waals surface area contributed by atoms with E-state index in [0.717, 1.165) is 33.7 Å². The zero-order valence-corrected chi connectivity index (χ0v) is 15.2. The van der Waals surface area contributed by atoms with Crippen LogP contribution in [0.3, 0.4) is 0 Å². The molecule has 27 heavy (non-hydrogen) atoms. The Morgan fingerprint density at radius 3 is 2.56 bits per heavy atom. The third kappa shape index (κ3) is 2.62. The van der Waals surface area contributed by atoms with Gasteiger partial charge in [0.15, 0.2) is 12.5 Å².